The summed E-state index contributed by atoms with van der Waals surface area (Å²) in [6.07, 6.45) is 3.78. The Morgan fingerprint density at radius 1 is 1.11 bits per heavy atom. The Morgan fingerprint density at radius 2 is 1.92 bits per heavy atom. The van der Waals surface area contributed by atoms with E-state index in [9.17, 15) is 4.79 Å². The van der Waals surface area contributed by atoms with E-state index in [1.165, 1.54) is 13.2 Å². The molecule has 1 unspecified atom stereocenters. The van der Waals surface area contributed by atoms with E-state index in [-0.39, 0.29) is 30.2 Å². The number of methoxy groups -OCH3 is 1. The van der Waals surface area contributed by atoms with E-state index >= 15 is 4.39 Å². The van der Waals surface area contributed by atoms with Gasteiger partial charge in [0.25, 0.3) is 0 Å². The highest BCUT2D eigenvalue weighted by molar-refractivity contribution is 5.71. The summed E-state index contributed by atoms with van der Waals surface area (Å²) in [7, 11) is 1.37. The molecule has 1 fully saturated rings. The molecule has 3 aromatic rings. The lowest BCUT2D eigenvalue weighted by Gasteiger charge is -2.17. The fourth-order valence-electron chi connectivity index (χ4n) is 5.06. The molecule has 2 heterocycles. The van der Waals surface area contributed by atoms with Gasteiger partial charge < -0.3 is 18.9 Å². The molecule has 0 bridgehead atoms. The summed E-state index contributed by atoms with van der Waals surface area (Å²) in [5.74, 6) is 6.42. The van der Waals surface area contributed by atoms with E-state index in [4.69, 9.17) is 18.9 Å². The maximum Gasteiger partial charge on any atom is 0.307 e. The van der Waals surface area contributed by atoms with Gasteiger partial charge in [-0.3, -0.25) is 9.78 Å². The number of hydrogen-bond acceptors (Lipinski definition) is 6. The van der Waals surface area contributed by atoms with Gasteiger partial charge in [0.1, 0.15) is 29.5 Å². The number of halogens is 1. The Labute approximate surface area is 222 Å². The molecule has 1 aliphatic heterocycles. The molecule has 1 saturated heterocycles. The van der Waals surface area contributed by atoms with E-state index in [0.29, 0.717) is 36.5 Å². The first-order valence-electron chi connectivity index (χ1n) is 12.8. The number of ether oxygens (including phenoxy) is 4. The molecule has 6 nitrogen and oxygen atoms in total. The van der Waals surface area contributed by atoms with Gasteiger partial charge in [-0.15, -0.1) is 5.92 Å². The zero-order chi connectivity index (χ0) is 26.5. The third-order valence-electron chi connectivity index (χ3n) is 6.96. The number of nitrogens with zero attached hydrogens (tertiary/aromatic N) is 1. The quantitative estimate of drug-likeness (QED) is 0.279. The lowest BCUT2D eigenvalue weighted by atomic mass is 9.96. The van der Waals surface area contributed by atoms with Crippen molar-refractivity contribution in [3.63, 3.8) is 0 Å². The third-order valence-corrected chi connectivity index (χ3v) is 6.96. The summed E-state index contributed by atoms with van der Waals surface area (Å²) in [6.45, 7) is 3.05. The summed E-state index contributed by atoms with van der Waals surface area (Å²) in [5.41, 5.74) is 4.08. The standard InChI is InChI=1S/C31H30FNO5/c1-3-4-21(17-30(34)35-2)20-5-7-22(8-6-20)38-29-14-11-26-25(10-12-27(32)31(26)29)28-13-9-23(18-33-28)37-24-15-16-36-19-24/h5-10,12-13,18,21,24,29H,11,14-17,19H2,1-2H3/t21?,24-,29-/m1/s1. The number of rotatable bonds is 8. The number of fused-ring (bicyclic) bond motifs is 1. The van der Waals surface area contributed by atoms with Crippen LogP contribution in [0.5, 0.6) is 11.5 Å². The van der Waals surface area contributed by atoms with Crippen molar-refractivity contribution in [1.82, 2.24) is 4.98 Å². The van der Waals surface area contributed by atoms with Crippen LogP contribution in [0.3, 0.4) is 0 Å². The Hall–Kier alpha value is -3.89. The number of pyridine rings is 1. The number of esters is 1. The molecular formula is C31H30FNO5. The molecule has 0 spiro atoms. The molecule has 0 N–H and O–H groups in total. The van der Waals surface area contributed by atoms with E-state index in [2.05, 4.69) is 16.8 Å². The van der Waals surface area contributed by atoms with Crippen LogP contribution in [0.1, 0.15) is 54.9 Å². The van der Waals surface area contributed by atoms with Crippen molar-refractivity contribution in [1.29, 1.82) is 0 Å². The van der Waals surface area contributed by atoms with Gasteiger partial charge >= 0.3 is 5.97 Å². The lowest BCUT2D eigenvalue weighted by molar-refractivity contribution is -0.140. The number of aromatic nitrogens is 1. The van der Waals surface area contributed by atoms with Gasteiger partial charge in [-0.25, -0.2) is 4.39 Å². The average Bonchev–Trinajstić information content (AvgIpc) is 3.60. The lowest BCUT2D eigenvalue weighted by Crippen LogP contribution is -2.15. The topological polar surface area (TPSA) is 66.9 Å². The van der Waals surface area contributed by atoms with Crippen molar-refractivity contribution in [2.24, 2.45) is 0 Å². The summed E-state index contributed by atoms with van der Waals surface area (Å²) >= 11 is 0. The summed E-state index contributed by atoms with van der Waals surface area (Å²) < 4.78 is 37.4. The van der Waals surface area contributed by atoms with Gasteiger partial charge in [-0.1, -0.05) is 18.1 Å². The van der Waals surface area contributed by atoms with E-state index in [0.717, 1.165) is 35.4 Å². The molecule has 1 aliphatic carbocycles. The highest BCUT2D eigenvalue weighted by Gasteiger charge is 2.30. The average molecular weight is 516 g/mol. The van der Waals surface area contributed by atoms with Crippen LogP contribution in [-0.2, 0) is 20.7 Å². The first-order chi connectivity index (χ1) is 18.6. The van der Waals surface area contributed by atoms with Gasteiger partial charge in [0.2, 0.25) is 0 Å². The van der Waals surface area contributed by atoms with Crippen LogP contribution >= 0.6 is 0 Å². The second-order valence-electron chi connectivity index (χ2n) is 9.41. The maximum absolute atomic E-state index is 15.0. The van der Waals surface area contributed by atoms with E-state index in [1.54, 1.807) is 19.2 Å². The molecule has 0 radical (unpaired) electrons. The van der Waals surface area contributed by atoms with Crippen LogP contribution < -0.4 is 9.47 Å². The van der Waals surface area contributed by atoms with Crippen molar-refractivity contribution < 1.29 is 28.1 Å². The van der Waals surface area contributed by atoms with Gasteiger partial charge in [0.15, 0.2) is 0 Å². The molecule has 0 amide bonds. The van der Waals surface area contributed by atoms with Gasteiger partial charge in [0, 0.05) is 17.5 Å². The fraction of sp³-hybridized carbons (Fsp3) is 0.355. The van der Waals surface area contributed by atoms with Crippen LogP contribution in [0.2, 0.25) is 0 Å². The predicted octanol–water partition coefficient (Wildman–Crippen LogP) is 5.79. The predicted molar refractivity (Wildman–Crippen MR) is 140 cm³/mol. The second kappa shape index (κ2) is 11.7. The van der Waals surface area contributed by atoms with Crippen molar-refractivity contribution in [2.45, 2.75) is 50.7 Å². The summed E-state index contributed by atoms with van der Waals surface area (Å²) in [4.78, 5) is 16.4. The normalized spacial score (nSPS) is 18.7. The van der Waals surface area contributed by atoms with Crippen LogP contribution in [-0.4, -0.2) is 37.4 Å². The van der Waals surface area contributed by atoms with Crippen molar-refractivity contribution in [3.8, 4) is 34.6 Å². The molecular weight excluding hydrogens is 485 g/mol. The molecule has 2 aliphatic rings. The van der Waals surface area contributed by atoms with Crippen LogP contribution in [0.15, 0.2) is 54.7 Å². The molecule has 2 aromatic carbocycles. The monoisotopic (exact) mass is 515 g/mol. The Bertz CT molecular complexity index is 1340. The number of carbonyl (C=O) groups is 1. The SMILES string of the molecule is CC#CC(CC(=O)OC)c1ccc(O[C@@H]2CCc3c(-c4ccc(O[C@@H]5CCOC5)cn4)ccc(F)c32)cc1. The highest BCUT2D eigenvalue weighted by atomic mass is 19.1. The maximum atomic E-state index is 15.0. The Morgan fingerprint density at radius 3 is 2.61 bits per heavy atom. The van der Waals surface area contributed by atoms with Crippen LogP contribution in [0.25, 0.3) is 11.3 Å². The molecule has 38 heavy (non-hydrogen) atoms. The summed E-state index contributed by atoms with van der Waals surface area (Å²) in [6, 6.07) is 14.5. The summed E-state index contributed by atoms with van der Waals surface area (Å²) in [5, 5.41) is 0. The van der Waals surface area contributed by atoms with E-state index in [1.807, 2.05) is 36.4 Å². The van der Waals surface area contributed by atoms with Gasteiger partial charge in [-0.2, -0.15) is 0 Å². The van der Waals surface area contributed by atoms with Crippen LogP contribution in [0.4, 0.5) is 4.39 Å². The number of carbonyl (C=O) groups excluding carboxylic acids is 1. The molecule has 196 valence electrons. The first-order valence-corrected chi connectivity index (χ1v) is 12.8. The molecule has 3 atom stereocenters. The largest absolute Gasteiger partial charge is 0.486 e. The minimum Gasteiger partial charge on any atom is -0.486 e. The smallest absolute Gasteiger partial charge is 0.307 e. The molecule has 0 saturated carbocycles. The zero-order valence-electron chi connectivity index (χ0n) is 21.5. The first kappa shape index (κ1) is 25.7. The Balaban J connectivity index is 1.32. The Kier molecular flexibility index (Phi) is 7.90. The van der Waals surface area contributed by atoms with Gasteiger partial charge in [-0.05, 0) is 67.3 Å². The van der Waals surface area contributed by atoms with Crippen molar-refractivity contribution in [3.05, 3.63) is 77.2 Å². The minimum atomic E-state index is -0.401. The second-order valence-corrected chi connectivity index (χ2v) is 9.41. The van der Waals surface area contributed by atoms with E-state index < -0.39 is 6.10 Å². The minimum absolute atomic E-state index is 0.0583. The highest BCUT2D eigenvalue weighted by Crippen LogP contribution is 2.41. The van der Waals surface area contributed by atoms with Gasteiger partial charge in [0.05, 0.1) is 44.6 Å². The van der Waals surface area contributed by atoms with Crippen molar-refractivity contribution in [2.75, 3.05) is 20.3 Å². The van der Waals surface area contributed by atoms with Crippen LogP contribution in [0, 0.1) is 17.7 Å². The van der Waals surface area contributed by atoms with Crippen molar-refractivity contribution >= 4 is 5.97 Å². The molecule has 1 aromatic heterocycles. The zero-order valence-corrected chi connectivity index (χ0v) is 21.5. The fourth-order valence-corrected chi connectivity index (χ4v) is 5.06. The molecule has 7 heteroatoms. The number of hydrogen-bond donors (Lipinski definition) is 0. The molecule has 5 rings (SSSR count). The third kappa shape index (κ3) is 5.66. The number of benzene rings is 2.